The van der Waals surface area contributed by atoms with Crippen molar-refractivity contribution in [3.63, 3.8) is 0 Å². The van der Waals surface area contributed by atoms with Gasteiger partial charge in [0.1, 0.15) is 0 Å². The van der Waals surface area contributed by atoms with Crippen LogP contribution < -0.4 is 10.2 Å². The number of phenols is 1. The maximum atomic E-state index is 11.7. The number of hydrogen-bond acceptors (Lipinski definition) is 5. The van der Waals surface area contributed by atoms with Crippen LogP contribution in [-0.2, 0) is 0 Å². The number of aromatic amines is 1. The number of nitrogens with one attached hydrogen (secondary N) is 2. The van der Waals surface area contributed by atoms with Crippen LogP contribution in [0.4, 0.5) is 0 Å². The fraction of sp³-hybridized carbons (Fsp3) is 0.214. The van der Waals surface area contributed by atoms with Crippen molar-refractivity contribution in [2.75, 3.05) is 6.61 Å². The van der Waals surface area contributed by atoms with Gasteiger partial charge in [-0.1, -0.05) is 11.6 Å². The van der Waals surface area contributed by atoms with Crippen LogP contribution in [-0.4, -0.2) is 34.0 Å². The summed E-state index contributed by atoms with van der Waals surface area (Å²) in [5, 5.41) is 20.2. The van der Waals surface area contributed by atoms with E-state index in [1.807, 2.05) is 0 Å². The molecule has 0 aliphatic carbocycles. The Bertz CT molecular complexity index is 712. The minimum absolute atomic E-state index is 0.128. The second-order valence-electron chi connectivity index (χ2n) is 4.42. The molecule has 1 amide bonds. The number of benzene rings is 1. The summed E-state index contributed by atoms with van der Waals surface area (Å²) in [4.78, 5) is 11.7. The van der Waals surface area contributed by atoms with Gasteiger partial charge in [0.05, 0.1) is 17.8 Å². The van der Waals surface area contributed by atoms with Crippen LogP contribution >= 0.6 is 11.6 Å². The Balaban J connectivity index is 2.08. The molecule has 0 radical (unpaired) electrons. The first-order chi connectivity index (χ1) is 10.5. The van der Waals surface area contributed by atoms with Crippen molar-refractivity contribution in [1.29, 1.82) is 0 Å². The number of aromatic hydroxyl groups is 1. The van der Waals surface area contributed by atoms with Gasteiger partial charge in [0.2, 0.25) is 0 Å². The molecule has 22 heavy (non-hydrogen) atoms. The fourth-order valence-electron chi connectivity index (χ4n) is 1.69. The summed E-state index contributed by atoms with van der Waals surface area (Å²) in [6.07, 6.45) is 1.39. The van der Waals surface area contributed by atoms with E-state index in [1.54, 1.807) is 26.0 Å². The highest BCUT2D eigenvalue weighted by atomic mass is 35.5. The number of H-pyrrole nitrogens is 1. The minimum Gasteiger partial charge on any atom is -0.503 e. The van der Waals surface area contributed by atoms with E-state index in [2.05, 4.69) is 20.7 Å². The van der Waals surface area contributed by atoms with Crippen LogP contribution in [0.1, 0.15) is 28.7 Å². The number of hydrazone groups is 1. The topological polar surface area (TPSA) is 99.6 Å². The first-order valence-corrected chi connectivity index (χ1v) is 6.89. The zero-order valence-corrected chi connectivity index (χ0v) is 12.8. The van der Waals surface area contributed by atoms with Crippen molar-refractivity contribution >= 4 is 23.7 Å². The molecule has 1 aromatic heterocycles. The third-order valence-electron chi connectivity index (χ3n) is 2.67. The maximum Gasteiger partial charge on any atom is 0.291 e. The minimum atomic E-state index is -0.435. The second-order valence-corrected chi connectivity index (χ2v) is 4.83. The van der Waals surface area contributed by atoms with Crippen molar-refractivity contribution in [3.8, 4) is 11.5 Å². The van der Waals surface area contributed by atoms with Crippen molar-refractivity contribution in [2.45, 2.75) is 13.8 Å². The molecule has 7 nitrogen and oxygen atoms in total. The highest BCUT2D eigenvalue weighted by Gasteiger charge is 2.09. The van der Waals surface area contributed by atoms with E-state index in [1.165, 1.54) is 12.3 Å². The number of carbonyl (C=O) groups is 1. The van der Waals surface area contributed by atoms with Crippen LogP contribution in [0.15, 0.2) is 23.3 Å². The Morgan fingerprint density at radius 2 is 2.32 bits per heavy atom. The molecule has 0 saturated carbocycles. The maximum absolute atomic E-state index is 11.7. The zero-order valence-electron chi connectivity index (χ0n) is 12.1. The summed E-state index contributed by atoms with van der Waals surface area (Å²) < 4.78 is 5.26. The monoisotopic (exact) mass is 322 g/mol. The lowest BCUT2D eigenvalue weighted by atomic mass is 10.2. The predicted octanol–water partition coefficient (Wildman–Crippen LogP) is 2.24. The number of phenolic OH excluding ortho intramolecular Hbond substituents is 1. The highest BCUT2D eigenvalue weighted by Crippen LogP contribution is 2.34. The summed E-state index contributed by atoms with van der Waals surface area (Å²) in [5.41, 5.74) is 3.94. The van der Waals surface area contributed by atoms with Crippen molar-refractivity contribution in [1.82, 2.24) is 15.6 Å². The molecule has 1 heterocycles. The molecular formula is C14H15ClN4O3. The third kappa shape index (κ3) is 3.76. The van der Waals surface area contributed by atoms with Crippen molar-refractivity contribution < 1.29 is 14.6 Å². The second kappa shape index (κ2) is 6.95. The van der Waals surface area contributed by atoms with Gasteiger partial charge in [0, 0.05) is 5.69 Å². The third-order valence-corrected chi connectivity index (χ3v) is 2.96. The molecule has 8 heteroatoms. The average Bonchev–Trinajstić information content (AvgIpc) is 2.91. The van der Waals surface area contributed by atoms with Gasteiger partial charge in [-0.2, -0.15) is 10.2 Å². The van der Waals surface area contributed by atoms with Gasteiger partial charge >= 0.3 is 0 Å². The molecule has 0 fully saturated rings. The molecule has 0 unspecified atom stereocenters. The molecular weight excluding hydrogens is 308 g/mol. The molecule has 0 atom stereocenters. The van der Waals surface area contributed by atoms with E-state index in [-0.39, 0.29) is 22.2 Å². The Hall–Kier alpha value is -2.54. The molecule has 0 aliphatic rings. The standard InChI is InChI=1S/C14H15ClN4O3/c1-3-22-12-6-9(5-10(15)13(12)20)7-16-19-14(21)11-4-8(2)17-18-11/h4-7,20H,3H2,1-2H3,(H,17,18)(H,19,21)/b16-7+. The highest BCUT2D eigenvalue weighted by molar-refractivity contribution is 6.32. The van der Waals surface area contributed by atoms with Gasteiger partial charge in [-0.05, 0) is 37.6 Å². The lowest BCUT2D eigenvalue weighted by Gasteiger charge is -2.08. The van der Waals surface area contributed by atoms with E-state index in [4.69, 9.17) is 16.3 Å². The summed E-state index contributed by atoms with van der Waals surface area (Å²) in [5.74, 6) is -0.307. The summed E-state index contributed by atoms with van der Waals surface area (Å²) in [7, 11) is 0. The molecule has 2 aromatic rings. The van der Waals surface area contributed by atoms with Crippen LogP contribution in [0.2, 0.25) is 5.02 Å². The van der Waals surface area contributed by atoms with Crippen molar-refractivity contribution in [2.24, 2.45) is 5.10 Å². The van der Waals surface area contributed by atoms with Crippen LogP contribution in [0, 0.1) is 6.92 Å². The van der Waals surface area contributed by atoms with Gasteiger partial charge in [-0.3, -0.25) is 9.89 Å². The van der Waals surface area contributed by atoms with E-state index in [0.717, 1.165) is 5.69 Å². The number of halogens is 1. The number of rotatable bonds is 5. The quantitative estimate of drug-likeness (QED) is 0.580. The lowest BCUT2D eigenvalue weighted by Crippen LogP contribution is -2.18. The normalized spacial score (nSPS) is 10.9. The summed E-state index contributed by atoms with van der Waals surface area (Å²) in [6.45, 7) is 3.97. The van der Waals surface area contributed by atoms with E-state index < -0.39 is 5.91 Å². The molecule has 0 bridgehead atoms. The molecule has 0 saturated heterocycles. The van der Waals surface area contributed by atoms with Crippen LogP contribution in [0.5, 0.6) is 11.5 Å². The van der Waals surface area contributed by atoms with E-state index in [9.17, 15) is 9.90 Å². The Morgan fingerprint density at radius 1 is 1.55 bits per heavy atom. The van der Waals surface area contributed by atoms with Crippen LogP contribution in [0.25, 0.3) is 0 Å². The fourth-order valence-corrected chi connectivity index (χ4v) is 1.91. The lowest BCUT2D eigenvalue weighted by molar-refractivity contribution is 0.0950. The smallest absolute Gasteiger partial charge is 0.291 e. The summed E-state index contributed by atoms with van der Waals surface area (Å²) in [6, 6.07) is 4.68. The molecule has 2 rings (SSSR count). The zero-order chi connectivity index (χ0) is 16.1. The number of nitrogens with zero attached hydrogens (tertiary/aromatic N) is 2. The average molecular weight is 323 g/mol. The predicted molar refractivity (Wildman–Crippen MR) is 82.7 cm³/mol. The molecule has 0 spiro atoms. The first-order valence-electron chi connectivity index (χ1n) is 6.52. The molecule has 0 aliphatic heterocycles. The number of ether oxygens (including phenoxy) is 1. The Kier molecular flexibility index (Phi) is 5.00. The Morgan fingerprint density at radius 3 is 2.95 bits per heavy atom. The number of aromatic nitrogens is 2. The first kappa shape index (κ1) is 15.8. The number of carbonyl (C=O) groups excluding carboxylic acids is 1. The van der Waals surface area contributed by atoms with Gasteiger partial charge < -0.3 is 9.84 Å². The molecule has 116 valence electrons. The van der Waals surface area contributed by atoms with Gasteiger partial charge in [0.25, 0.3) is 5.91 Å². The largest absolute Gasteiger partial charge is 0.503 e. The van der Waals surface area contributed by atoms with E-state index in [0.29, 0.717) is 12.2 Å². The summed E-state index contributed by atoms with van der Waals surface area (Å²) >= 11 is 5.90. The number of aryl methyl sites for hydroxylation is 1. The number of hydrogen-bond donors (Lipinski definition) is 3. The molecule has 1 aromatic carbocycles. The Labute approximate surface area is 131 Å². The van der Waals surface area contributed by atoms with Gasteiger partial charge in [-0.15, -0.1) is 0 Å². The van der Waals surface area contributed by atoms with Crippen LogP contribution in [0.3, 0.4) is 0 Å². The number of amides is 1. The van der Waals surface area contributed by atoms with Gasteiger partial charge in [-0.25, -0.2) is 5.43 Å². The van der Waals surface area contributed by atoms with E-state index >= 15 is 0 Å². The SMILES string of the molecule is CCOc1cc(/C=N/NC(=O)c2cc(C)[nH]n2)cc(Cl)c1O. The molecule has 3 N–H and O–H groups in total. The van der Waals surface area contributed by atoms with Gasteiger partial charge in [0.15, 0.2) is 17.2 Å². The van der Waals surface area contributed by atoms with Crippen molar-refractivity contribution in [3.05, 3.63) is 40.2 Å².